The predicted octanol–water partition coefficient (Wildman–Crippen LogP) is 5.16. The Morgan fingerprint density at radius 3 is 2.50 bits per heavy atom. The minimum Gasteiger partial charge on any atom is -0.494 e. The number of amides is 1. The summed E-state index contributed by atoms with van der Waals surface area (Å²) < 4.78 is 47.2. The largest absolute Gasteiger partial charge is 0.494 e. The monoisotopic (exact) mass is 411 g/mol. The Hall–Kier alpha value is -3.48. The van der Waals surface area contributed by atoms with Crippen molar-refractivity contribution in [3.8, 4) is 5.75 Å². The molecular formula is C23H18F3N2O2. The van der Waals surface area contributed by atoms with E-state index < -0.39 is 17.6 Å². The van der Waals surface area contributed by atoms with E-state index in [1.807, 2.05) is 31.2 Å². The van der Waals surface area contributed by atoms with Gasteiger partial charge in [0.2, 0.25) is 5.91 Å². The van der Waals surface area contributed by atoms with Crippen LogP contribution >= 0.6 is 0 Å². The highest BCUT2D eigenvalue weighted by molar-refractivity contribution is 6.17. The average Bonchev–Trinajstić information content (AvgIpc) is 3.02. The summed E-state index contributed by atoms with van der Waals surface area (Å²) in [6.07, 6.45) is -4.50. The molecule has 1 heterocycles. The third kappa shape index (κ3) is 3.47. The van der Waals surface area contributed by atoms with Crippen molar-refractivity contribution in [2.75, 3.05) is 6.61 Å². The van der Waals surface area contributed by atoms with Crippen molar-refractivity contribution in [1.82, 2.24) is 4.57 Å². The molecule has 0 saturated heterocycles. The molecule has 0 fully saturated rings. The second-order valence-corrected chi connectivity index (χ2v) is 6.87. The molecule has 7 heteroatoms. The molecule has 0 atom stereocenters. The van der Waals surface area contributed by atoms with Crippen molar-refractivity contribution in [2.45, 2.75) is 19.6 Å². The third-order valence-corrected chi connectivity index (χ3v) is 4.96. The average molecular weight is 411 g/mol. The summed E-state index contributed by atoms with van der Waals surface area (Å²) in [5, 5.41) is 0.929. The molecule has 0 bridgehead atoms. The Bertz CT molecular complexity index is 1240. The Balaban J connectivity index is 1.95. The number of nitrogens with two attached hydrogens (primary N) is 1. The number of primary amides is 1. The number of benzene rings is 3. The quantitative estimate of drug-likeness (QED) is 0.493. The van der Waals surface area contributed by atoms with Crippen LogP contribution in [0.5, 0.6) is 5.75 Å². The molecule has 1 amide bonds. The molecule has 0 saturated carbocycles. The van der Waals surface area contributed by atoms with E-state index in [0.717, 1.165) is 17.7 Å². The third-order valence-electron chi connectivity index (χ3n) is 4.96. The van der Waals surface area contributed by atoms with Gasteiger partial charge in [0.05, 0.1) is 23.2 Å². The minimum atomic E-state index is -4.50. The van der Waals surface area contributed by atoms with Crippen LogP contribution in [-0.2, 0) is 12.7 Å². The molecule has 1 aromatic heterocycles. The van der Waals surface area contributed by atoms with E-state index >= 15 is 0 Å². The lowest BCUT2D eigenvalue weighted by molar-refractivity contribution is -0.137. The van der Waals surface area contributed by atoms with E-state index in [9.17, 15) is 18.0 Å². The number of rotatable bonds is 5. The van der Waals surface area contributed by atoms with E-state index in [4.69, 9.17) is 10.5 Å². The second kappa shape index (κ2) is 7.40. The number of hydrogen-bond acceptors (Lipinski definition) is 2. The van der Waals surface area contributed by atoms with E-state index in [2.05, 4.69) is 6.07 Å². The van der Waals surface area contributed by atoms with Crippen molar-refractivity contribution in [3.63, 3.8) is 0 Å². The van der Waals surface area contributed by atoms with Crippen LogP contribution in [0.1, 0.15) is 28.4 Å². The first-order valence-corrected chi connectivity index (χ1v) is 9.35. The van der Waals surface area contributed by atoms with E-state index in [1.54, 1.807) is 22.8 Å². The highest BCUT2D eigenvalue weighted by Crippen LogP contribution is 2.36. The lowest BCUT2D eigenvalue weighted by Gasteiger charge is -2.11. The molecule has 3 aromatic carbocycles. The zero-order valence-electron chi connectivity index (χ0n) is 16.1. The summed E-state index contributed by atoms with van der Waals surface area (Å²) >= 11 is 0. The van der Waals surface area contributed by atoms with E-state index in [0.29, 0.717) is 40.7 Å². The summed E-state index contributed by atoms with van der Waals surface area (Å²) in [4.78, 5) is 12.0. The van der Waals surface area contributed by atoms with Gasteiger partial charge in [-0.05, 0) is 55.0 Å². The van der Waals surface area contributed by atoms with Crippen LogP contribution in [0.3, 0.4) is 0 Å². The summed E-state index contributed by atoms with van der Waals surface area (Å²) in [5.41, 5.74) is 6.80. The minimum absolute atomic E-state index is 0.249. The topological polar surface area (TPSA) is 57.2 Å². The summed E-state index contributed by atoms with van der Waals surface area (Å²) in [5.74, 6) is 0.0705. The fraction of sp³-hybridized carbons (Fsp3) is 0.174. The number of ether oxygens (including phenoxy) is 1. The number of carbonyl (C=O) groups is 1. The van der Waals surface area contributed by atoms with Crippen molar-refractivity contribution in [2.24, 2.45) is 5.73 Å². The van der Waals surface area contributed by atoms with Crippen molar-refractivity contribution >= 4 is 27.7 Å². The van der Waals surface area contributed by atoms with Gasteiger partial charge in [0, 0.05) is 22.9 Å². The van der Waals surface area contributed by atoms with Crippen molar-refractivity contribution < 1.29 is 22.7 Å². The van der Waals surface area contributed by atoms with Gasteiger partial charge in [-0.1, -0.05) is 18.2 Å². The predicted molar refractivity (Wildman–Crippen MR) is 109 cm³/mol. The Kier molecular flexibility index (Phi) is 4.89. The zero-order valence-corrected chi connectivity index (χ0v) is 16.1. The highest BCUT2D eigenvalue weighted by atomic mass is 19.4. The molecule has 30 heavy (non-hydrogen) atoms. The summed E-state index contributed by atoms with van der Waals surface area (Å²) in [6.45, 7) is 2.74. The van der Waals surface area contributed by atoms with Crippen LogP contribution in [0, 0.1) is 6.07 Å². The first kappa shape index (κ1) is 19.8. The number of halogens is 3. The molecule has 0 spiro atoms. The molecule has 0 unspecified atom stereocenters. The fourth-order valence-corrected chi connectivity index (χ4v) is 3.64. The molecule has 4 nitrogen and oxygen atoms in total. The lowest BCUT2D eigenvalue weighted by atomic mass is 10.0. The number of nitrogens with zero attached hydrogens (tertiary/aromatic N) is 1. The Labute approximate surface area is 170 Å². The maximum atomic E-state index is 13.3. The molecular weight excluding hydrogens is 393 g/mol. The van der Waals surface area contributed by atoms with Gasteiger partial charge in [-0.2, -0.15) is 13.2 Å². The first-order valence-electron chi connectivity index (χ1n) is 9.35. The van der Waals surface area contributed by atoms with Crippen molar-refractivity contribution in [3.05, 3.63) is 77.4 Å². The maximum Gasteiger partial charge on any atom is 0.416 e. The number of alkyl halides is 3. The van der Waals surface area contributed by atoms with Gasteiger partial charge < -0.3 is 15.0 Å². The van der Waals surface area contributed by atoms with Gasteiger partial charge >= 0.3 is 6.18 Å². The molecule has 0 aliphatic heterocycles. The number of fused-ring (bicyclic) bond motifs is 3. The molecule has 4 rings (SSSR count). The molecule has 2 N–H and O–H groups in total. The van der Waals surface area contributed by atoms with Crippen LogP contribution in [0.15, 0.2) is 54.6 Å². The van der Waals surface area contributed by atoms with Gasteiger partial charge in [0.25, 0.3) is 0 Å². The smallest absolute Gasteiger partial charge is 0.416 e. The molecule has 1 radical (unpaired) electrons. The number of carbonyl (C=O) groups excluding carboxylic acids is 1. The first-order chi connectivity index (χ1) is 14.3. The molecule has 0 aliphatic rings. The van der Waals surface area contributed by atoms with Gasteiger partial charge in [-0.3, -0.25) is 4.79 Å². The van der Waals surface area contributed by atoms with Crippen LogP contribution in [-0.4, -0.2) is 17.1 Å². The van der Waals surface area contributed by atoms with E-state index in [-0.39, 0.29) is 5.56 Å². The SMILES string of the molecule is CCOc1ccc(Cn2c3cc(C(F)(F)F)c[c]c3c3c(C(N)=O)cccc32)cc1. The second-order valence-electron chi connectivity index (χ2n) is 6.87. The van der Waals surface area contributed by atoms with Crippen LogP contribution in [0.25, 0.3) is 21.8 Å². The zero-order chi connectivity index (χ0) is 21.5. The standard InChI is InChI=1S/C23H18F3N2O2/c1-2-30-16-9-6-14(7-10-16)13-28-19-5-3-4-18(22(27)29)21(19)17-11-8-15(12-20(17)28)23(24,25)26/h3-10,12H,2,13H2,1H3,(H2,27,29). The van der Waals surface area contributed by atoms with Gasteiger partial charge in [-0.25, -0.2) is 0 Å². The maximum absolute atomic E-state index is 13.3. The number of aromatic nitrogens is 1. The Morgan fingerprint density at radius 1 is 1.13 bits per heavy atom. The summed E-state index contributed by atoms with van der Waals surface area (Å²) in [7, 11) is 0. The molecule has 153 valence electrons. The highest BCUT2D eigenvalue weighted by Gasteiger charge is 2.31. The molecule has 0 aliphatic carbocycles. The van der Waals surface area contributed by atoms with Crippen LogP contribution in [0.4, 0.5) is 13.2 Å². The Morgan fingerprint density at radius 2 is 1.87 bits per heavy atom. The van der Waals surface area contributed by atoms with Gasteiger partial charge in [-0.15, -0.1) is 0 Å². The summed E-state index contributed by atoms with van der Waals surface area (Å²) in [6, 6.07) is 17.1. The fourth-order valence-electron chi connectivity index (χ4n) is 3.64. The normalized spacial score (nSPS) is 11.9. The van der Waals surface area contributed by atoms with E-state index in [1.165, 1.54) is 0 Å². The van der Waals surface area contributed by atoms with Crippen molar-refractivity contribution in [1.29, 1.82) is 0 Å². The van der Waals surface area contributed by atoms with Crippen LogP contribution in [0.2, 0.25) is 0 Å². The lowest BCUT2D eigenvalue weighted by Crippen LogP contribution is -2.11. The number of hydrogen-bond donors (Lipinski definition) is 1. The van der Waals surface area contributed by atoms with Gasteiger partial charge in [0.1, 0.15) is 5.75 Å². The van der Waals surface area contributed by atoms with Gasteiger partial charge in [0.15, 0.2) is 0 Å². The van der Waals surface area contributed by atoms with Crippen LogP contribution < -0.4 is 10.5 Å². The molecule has 4 aromatic rings.